The Bertz CT molecular complexity index is 1360. The molecule has 0 atom stereocenters. The second-order valence-electron chi connectivity index (χ2n) is 12.0. The molecule has 4 rings (SSSR count). The summed E-state index contributed by atoms with van der Waals surface area (Å²) in [5, 5.41) is 3.68. The number of hydrogen-bond acceptors (Lipinski definition) is 3. The van der Waals surface area contributed by atoms with E-state index >= 15 is 0 Å². The Morgan fingerprint density at radius 3 is 1.07 bits per heavy atom. The molecule has 0 saturated carbocycles. The largest absolute Gasteiger partial charge is 0.354 e. The maximum atomic E-state index is 5.08. The van der Waals surface area contributed by atoms with Gasteiger partial charge in [0.1, 0.15) is 0 Å². The molecule has 3 heteroatoms. The molecule has 4 aromatic carbocycles. The number of hydrogen-bond donors (Lipinski definition) is 1. The molecule has 0 heterocycles. The van der Waals surface area contributed by atoms with Crippen LogP contribution in [0.2, 0.25) is 0 Å². The molecule has 0 aliphatic rings. The second-order valence-corrected chi connectivity index (χ2v) is 12.0. The lowest BCUT2D eigenvalue weighted by molar-refractivity contribution is 0.835. The molecular formula is C38H45N3. The predicted octanol–water partition coefficient (Wildman–Crippen LogP) is 11.4. The molecule has 3 nitrogen and oxygen atoms in total. The zero-order chi connectivity index (χ0) is 29.5. The molecule has 1 N–H and O–H groups in total. The molecule has 0 spiro atoms. The van der Waals surface area contributed by atoms with Crippen LogP contribution >= 0.6 is 0 Å². The Kier molecular flexibility index (Phi) is 9.94. The zero-order valence-electron chi connectivity index (χ0n) is 25.9. The molecule has 0 aliphatic carbocycles. The third kappa shape index (κ3) is 7.21. The third-order valence-corrected chi connectivity index (χ3v) is 7.54. The van der Waals surface area contributed by atoms with Gasteiger partial charge in [-0.25, -0.2) is 0 Å². The standard InChI is InChI=1S/C38H45N3/c1-25(2)31-17-13-18-32(26(3)4)37(31)39-23-29-15-9-11-21-35(29)41-36-22-12-10-16-30(36)24-40-38-33(27(5)6)19-14-20-34(38)28(7)8/h9-28,41H,1-8H3. The van der Waals surface area contributed by atoms with Crippen molar-refractivity contribution in [3.05, 3.63) is 118 Å². The van der Waals surface area contributed by atoms with Gasteiger partial charge in [0, 0.05) is 34.9 Å². The van der Waals surface area contributed by atoms with E-state index in [1.165, 1.54) is 22.3 Å². The quantitative estimate of drug-likeness (QED) is 0.198. The highest BCUT2D eigenvalue weighted by Gasteiger charge is 2.14. The van der Waals surface area contributed by atoms with Crippen molar-refractivity contribution in [3.63, 3.8) is 0 Å². The second kappa shape index (κ2) is 13.6. The lowest BCUT2D eigenvalue weighted by Crippen LogP contribution is -2.00. The summed E-state index contributed by atoms with van der Waals surface area (Å²) in [6.45, 7) is 17.9. The topological polar surface area (TPSA) is 36.8 Å². The van der Waals surface area contributed by atoms with Crippen molar-refractivity contribution >= 4 is 35.2 Å². The normalized spacial score (nSPS) is 12.1. The number of aliphatic imine (C=N–C) groups is 2. The Balaban J connectivity index is 1.70. The summed E-state index contributed by atoms with van der Waals surface area (Å²) in [6.07, 6.45) is 4.00. The Labute approximate surface area is 247 Å². The van der Waals surface area contributed by atoms with Crippen LogP contribution in [0.25, 0.3) is 0 Å². The van der Waals surface area contributed by atoms with Gasteiger partial charge in [-0.1, -0.05) is 128 Å². The van der Waals surface area contributed by atoms with Crippen molar-refractivity contribution in [2.24, 2.45) is 9.98 Å². The first-order valence-corrected chi connectivity index (χ1v) is 15.0. The Morgan fingerprint density at radius 1 is 0.439 bits per heavy atom. The van der Waals surface area contributed by atoms with Gasteiger partial charge in [0.2, 0.25) is 0 Å². The van der Waals surface area contributed by atoms with Crippen molar-refractivity contribution in [2.45, 2.75) is 79.1 Å². The summed E-state index contributed by atoms with van der Waals surface area (Å²) in [7, 11) is 0. The van der Waals surface area contributed by atoms with E-state index in [0.29, 0.717) is 23.7 Å². The van der Waals surface area contributed by atoms with Crippen molar-refractivity contribution in [1.29, 1.82) is 0 Å². The molecule has 0 saturated heterocycles. The zero-order valence-corrected chi connectivity index (χ0v) is 25.9. The number of benzene rings is 4. The summed E-state index contributed by atoms with van der Waals surface area (Å²) in [6, 6.07) is 29.8. The lowest BCUT2D eigenvalue weighted by Gasteiger charge is -2.17. The summed E-state index contributed by atoms with van der Waals surface area (Å²) in [4.78, 5) is 10.2. The third-order valence-electron chi connectivity index (χ3n) is 7.54. The molecule has 0 aliphatic heterocycles. The first-order chi connectivity index (χ1) is 19.7. The van der Waals surface area contributed by atoms with Crippen LogP contribution in [-0.4, -0.2) is 12.4 Å². The van der Waals surface area contributed by atoms with E-state index in [4.69, 9.17) is 9.98 Å². The SMILES string of the molecule is CC(C)c1cccc(C(C)C)c1N=Cc1ccccc1Nc1ccccc1C=Nc1c(C(C)C)cccc1C(C)C. The van der Waals surface area contributed by atoms with Crippen LogP contribution in [0.1, 0.15) is 112 Å². The number of rotatable bonds is 10. The van der Waals surface area contributed by atoms with Crippen molar-refractivity contribution in [1.82, 2.24) is 0 Å². The summed E-state index contributed by atoms with van der Waals surface area (Å²) >= 11 is 0. The van der Waals surface area contributed by atoms with E-state index in [9.17, 15) is 0 Å². The van der Waals surface area contributed by atoms with Crippen molar-refractivity contribution in [3.8, 4) is 0 Å². The fraction of sp³-hybridized carbons (Fsp3) is 0.316. The van der Waals surface area contributed by atoms with E-state index < -0.39 is 0 Å². The molecule has 41 heavy (non-hydrogen) atoms. The van der Waals surface area contributed by atoms with E-state index in [2.05, 4.69) is 146 Å². The van der Waals surface area contributed by atoms with Crippen LogP contribution in [0.5, 0.6) is 0 Å². The Hall–Kier alpha value is -3.98. The maximum absolute atomic E-state index is 5.08. The monoisotopic (exact) mass is 543 g/mol. The molecule has 0 unspecified atom stereocenters. The number of anilines is 2. The fourth-order valence-electron chi connectivity index (χ4n) is 5.18. The van der Waals surface area contributed by atoms with Gasteiger partial charge in [0.05, 0.1) is 11.4 Å². The van der Waals surface area contributed by atoms with Crippen LogP contribution in [0.15, 0.2) is 94.9 Å². The molecule has 4 aromatic rings. The van der Waals surface area contributed by atoms with Gasteiger partial charge < -0.3 is 5.32 Å². The minimum atomic E-state index is 0.400. The van der Waals surface area contributed by atoms with Crippen LogP contribution in [0, 0.1) is 0 Å². The molecule has 0 fully saturated rings. The van der Waals surface area contributed by atoms with Gasteiger partial charge in [-0.15, -0.1) is 0 Å². The molecule has 0 aromatic heterocycles. The van der Waals surface area contributed by atoms with Gasteiger partial charge in [0.25, 0.3) is 0 Å². The fourth-order valence-corrected chi connectivity index (χ4v) is 5.18. The average molecular weight is 544 g/mol. The van der Waals surface area contributed by atoms with E-state index in [1.807, 2.05) is 12.4 Å². The minimum Gasteiger partial charge on any atom is -0.354 e. The number of nitrogens with one attached hydrogen (secondary N) is 1. The van der Waals surface area contributed by atoms with Crippen molar-refractivity contribution < 1.29 is 0 Å². The van der Waals surface area contributed by atoms with E-state index in [0.717, 1.165) is 33.9 Å². The molecule has 0 radical (unpaired) electrons. The van der Waals surface area contributed by atoms with Crippen LogP contribution in [0.3, 0.4) is 0 Å². The summed E-state index contributed by atoms with van der Waals surface area (Å²) in [5.74, 6) is 1.60. The van der Waals surface area contributed by atoms with E-state index in [-0.39, 0.29) is 0 Å². The van der Waals surface area contributed by atoms with Crippen LogP contribution in [0.4, 0.5) is 22.7 Å². The molecule has 0 amide bonds. The number of para-hydroxylation sites is 4. The van der Waals surface area contributed by atoms with Gasteiger partial charge in [0.15, 0.2) is 0 Å². The average Bonchev–Trinajstić information content (AvgIpc) is 2.95. The minimum absolute atomic E-state index is 0.400. The van der Waals surface area contributed by atoms with Crippen LogP contribution < -0.4 is 5.32 Å². The van der Waals surface area contributed by atoms with Gasteiger partial charge in [-0.3, -0.25) is 9.98 Å². The molecule has 0 bridgehead atoms. The molecule has 212 valence electrons. The lowest BCUT2D eigenvalue weighted by atomic mass is 9.93. The van der Waals surface area contributed by atoms with Crippen LogP contribution in [-0.2, 0) is 0 Å². The highest BCUT2D eigenvalue weighted by Crippen LogP contribution is 2.36. The predicted molar refractivity (Wildman–Crippen MR) is 180 cm³/mol. The summed E-state index contributed by atoms with van der Waals surface area (Å²) < 4.78 is 0. The van der Waals surface area contributed by atoms with Crippen molar-refractivity contribution in [2.75, 3.05) is 5.32 Å². The highest BCUT2D eigenvalue weighted by atomic mass is 14.9. The highest BCUT2D eigenvalue weighted by molar-refractivity contribution is 5.95. The van der Waals surface area contributed by atoms with Gasteiger partial charge in [-0.2, -0.15) is 0 Å². The maximum Gasteiger partial charge on any atom is 0.0699 e. The van der Waals surface area contributed by atoms with Gasteiger partial charge >= 0.3 is 0 Å². The molecular weight excluding hydrogens is 498 g/mol. The number of nitrogens with zero attached hydrogens (tertiary/aromatic N) is 2. The first kappa shape index (κ1) is 30.0. The Morgan fingerprint density at radius 2 is 0.756 bits per heavy atom. The smallest absolute Gasteiger partial charge is 0.0699 e. The summed E-state index contributed by atoms with van der Waals surface area (Å²) in [5.41, 5.74) is 11.4. The van der Waals surface area contributed by atoms with E-state index in [1.54, 1.807) is 0 Å². The van der Waals surface area contributed by atoms with Gasteiger partial charge in [-0.05, 0) is 58.1 Å². The first-order valence-electron chi connectivity index (χ1n) is 15.0.